The zero-order chi connectivity index (χ0) is 18.0. The van der Waals surface area contributed by atoms with E-state index in [0.717, 1.165) is 11.3 Å². The normalized spacial score (nSPS) is 14.3. The van der Waals surface area contributed by atoms with Crippen molar-refractivity contribution < 1.29 is 17.9 Å². The summed E-state index contributed by atoms with van der Waals surface area (Å²) < 4.78 is 45.2. The minimum Gasteiger partial charge on any atom is -0.383 e. The molecule has 5 nitrogen and oxygen atoms in total. The van der Waals surface area contributed by atoms with Gasteiger partial charge in [0.2, 0.25) is 0 Å². The van der Waals surface area contributed by atoms with E-state index in [4.69, 9.17) is 10.5 Å². The third kappa shape index (κ3) is 4.24. The molecule has 0 radical (unpaired) electrons. The summed E-state index contributed by atoms with van der Waals surface area (Å²) in [4.78, 5) is 4.42. The van der Waals surface area contributed by atoms with Crippen LogP contribution < -0.4 is 5.73 Å². The van der Waals surface area contributed by atoms with Crippen molar-refractivity contribution in [2.45, 2.75) is 45.3 Å². The number of methoxy groups -OCH3 is 1. The Morgan fingerprint density at radius 2 is 2.04 bits per heavy atom. The highest BCUT2D eigenvalue weighted by Gasteiger charge is 2.46. The lowest BCUT2D eigenvalue weighted by Crippen LogP contribution is -2.32. The highest BCUT2D eigenvalue weighted by atomic mass is 19.4. The molecule has 0 saturated carbocycles. The molecule has 0 aromatic carbocycles. The number of fused-ring (bicyclic) bond motifs is 1. The molecule has 134 valence electrons. The minimum absolute atomic E-state index is 0.0573. The molecule has 0 aliphatic carbocycles. The molecule has 2 rings (SSSR count). The van der Waals surface area contributed by atoms with Gasteiger partial charge >= 0.3 is 6.18 Å². The van der Waals surface area contributed by atoms with Crippen molar-refractivity contribution in [3.8, 4) is 0 Å². The van der Waals surface area contributed by atoms with Crippen LogP contribution in [-0.2, 0) is 11.2 Å². The van der Waals surface area contributed by atoms with Gasteiger partial charge in [-0.2, -0.15) is 18.3 Å². The first-order chi connectivity index (χ1) is 11.1. The number of nitrogens with two attached hydrogens (primary N) is 1. The molecule has 0 bridgehead atoms. The summed E-state index contributed by atoms with van der Waals surface area (Å²) in [6, 6.07) is 1.53. The van der Waals surface area contributed by atoms with E-state index in [1.54, 1.807) is 24.0 Å². The van der Waals surface area contributed by atoms with Crippen LogP contribution >= 0.6 is 0 Å². The Morgan fingerprint density at radius 1 is 1.33 bits per heavy atom. The molecule has 0 fully saturated rings. The van der Waals surface area contributed by atoms with Gasteiger partial charge in [-0.15, -0.1) is 0 Å². The highest BCUT2D eigenvalue weighted by molar-refractivity contribution is 5.41. The molecule has 2 aromatic rings. The highest BCUT2D eigenvalue weighted by Crippen LogP contribution is 2.41. The molecule has 8 heteroatoms. The van der Waals surface area contributed by atoms with Crippen molar-refractivity contribution in [3.05, 3.63) is 29.7 Å². The summed E-state index contributed by atoms with van der Waals surface area (Å²) in [6.45, 7) is 2.82. The molecule has 0 aliphatic rings. The first-order valence-corrected chi connectivity index (χ1v) is 7.79. The number of hydrogen-bond donors (Lipinski definition) is 1. The fraction of sp³-hybridized carbons (Fsp3) is 0.625. The SMILES string of the molecule is COC[C@@H](N)c1cnn2cc(CCCC(C)(C)C(F)(F)F)nc2c1. The van der Waals surface area contributed by atoms with E-state index in [2.05, 4.69) is 10.1 Å². The van der Waals surface area contributed by atoms with Crippen molar-refractivity contribution in [1.82, 2.24) is 14.6 Å². The van der Waals surface area contributed by atoms with Crippen LogP contribution in [0.15, 0.2) is 18.5 Å². The average molecular weight is 344 g/mol. The third-order valence-electron chi connectivity index (χ3n) is 4.17. The zero-order valence-electron chi connectivity index (χ0n) is 14.1. The van der Waals surface area contributed by atoms with Gasteiger partial charge in [-0.1, -0.05) is 13.8 Å². The molecule has 0 amide bonds. The van der Waals surface area contributed by atoms with Crippen molar-refractivity contribution in [3.63, 3.8) is 0 Å². The fourth-order valence-electron chi connectivity index (χ4n) is 2.39. The summed E-state index contributed by atoms with van der Waals surface area (Å²) in [5.74, 6) is 0. The predicted molar refractivity (Wildman–Crippen MR) is 84.6 cm³/mol. The number of hydrogen-bond acceptors (Lipinski definition) is 4. The molecule has 0 unspecified atom stereocenters. The van der Waals surface area contributed by atoms with E-state index in [0.29, 0.717) is 25.1 Å². The summed E-state index contributed by atoms with van der Waals surface area (Å²) in [7, 11) is 1.57. The maximum absolute atomic E-state index is 12.9. The van der Waals surface area contributed by atoms with Gasteiger partial charge in [-0.05, 0) is 30.9 Å². The Bertz CT molecular complexity index is 682. The number of ether oxygens (including phenoxy) is 1. The van der Waals surface area contributed by atoms with E-state index in [1.807, 2.05) is 6.07 Å². The van der Waals surface area contributed by atoms with Crippen LogP contribution in [-0.4, -0.2) is 34.5 Å². The number of aryl methyl sites for hydroxylation is 1. The predicted octanol–water partition coefficient (Wildman–Crippen LogP) is 3.29. The Hall–Kier alpha value is -1.67. The van der Waals surface area contributed by atoms with Gasteiger partial charge in [0, 0.05) is 7.11 Å². The van der Waals surface area contributed by atoms with Gasteiger partial charge in [0.25, 0.3) is 0 Å². The maximum atomic E-state index is 12.9. The molecule has 2 aromatic heterocycles. The van der Waals surface area contributed by atoms with Gasteiger partial charge < -0.3 is 10.5 Å². The van der Waals surface area contributed by atoms with E-state index >= 15 is 0 Å². The van der Waals surface area contributed by atoms with Crippen molar-refractivity contribution in [2.24, 2.45) is 11.1 Å². The number of rotatable bonds is 7. The molecule has 0 aliphatic heterocycles. The van der Waals surface area contributed by atoms with Crippen molar-refractivity contribution in [1.29, 1.82) is 0 Å². The van der Waals surface area contributed by atoms with Crippen LogP contribution in [0, 0.1) is 5.41 Å². The van der Waals surface area contributed by atoms with Crippen LogP contribution in [0.3, 0.4) is 0 Å². The smallest absolute Gasteiger partial charge is 0.383 e. The van der Waals surface area contributed by atoms with Crippen LogP contribution in [0.25, 0.3) is 5.65 Å². The van der Waals surface area contributed by atoms with Gasteiger partial charge in [0.15, 0.2) is 5.65 Å². The summed E-state index contributed by atoms with van der Waals surface area (Å²) in [5, 5.41) is 4.24. The quantitative estimate of drug-likeness (QED) is 0.837. The fourth-order valence-corrected chi connectivity index (χ4v) is 2.39. The molecular formula is C16H23F3N4O. The van der Waals surface area contributed by atoms with Crippen LogP contribution in [0.4, 0.5) is 13.2 Å². The number of imidazole rings is 1. The van der Waals surface area contributed by atoms with Gasteiger partial charge in [-0.3, -0.25) is 0 Å². The molecule has 0 saturated heterocycles. The van der Waals surface area contributed by atoms with E-state index in [1.165, 1.54) is 13.8 Å². The lowest BCUT2D eigenvalue weighted by molar-refractivity contribution is -0.213. The zero-order valence-corrected chi connectivity index (χ0v) is 14.1. The second-order valence-corrected chi connectivity index (χ2v) is 6.62. The number of halogens is 3. The van der Waals surface area contributed by atoms with Gasteiger partial charge in [-0.25, -0.2) is 9.50 Å². The Morgan fingerprint density at radius 3 is 2.67 bits per heavy atom. The molecule has 2 N–H and O–H groups in total. The Kier molecular flexibility index (Phi) is 5.49. The summed E-state index contributed by atoms with van der Waals surface area (Å²) >= 11 is 0. The lowest BCUT2D eigenvalue weighted by Gasteiger charge is -2.27. The molecule has 24 heavy (non-hydrogen) atoms. The maximum Gasteiger partial charge on any atom is 0.393 e. The van der Waals surface area contributed by atoms with Gasteiger partial charge in [0.1, 0.15) is 0 Å². The first kappa shape index (κ1) is 18.7. The minimum atomic E-state index is -4.19. The second-order valence-electron chi connectivity index (χ2n) is 6.62. The van der Waals surface area contributed by atoms with Crippen molar-refractivity contribution in [2.75, 3.05) is 13.7 Å². The van der Waals surface area contributed by atoms with E-state index in [9.17, 15) is 13.2 Å². The third-order valence-corrected chi connectivity index (χ3v) is 4.17. The Labute approximate surface area is 139 Å². The number of aromatic nitrogens is 3. The Balaban J connectivity index is 2.03. The number of nitrogens with zero attached hydrogens (tertiary/aromatic N) is 3. The van der Waals surface area contributed by atoms with Crippen LogP contribution in [0.1, 0.15) is 44.0 Å². The topological polar surface area (TPSA) is 65.4 Å². The largest absolute Gasteiger partial charge is 0.393 e. The lowest BCUT2D eigenvalue weighted by atomic mass is 9.86. The summed E-state index contributed by atoms with van der Waals surface area (Å²) in [6.07, 6.45) is 0.132. The van der Waals surface area contributed by atoms with Crippen LogP contribution in [0.2, 0.25) is 0 Å². The standard InChI is InChI=1S/C16H23F3N4O/c1-15(2,16(17,18)19)6-4-5-12-9-23-14(22-12)7-11(8-21-23)13(20)10-24-3/h7-9,13H,4-6,10,20H2,1-3H3/t13-/m1/s1. The van der Waals surface area contributed by atoms with Crippen molar-refractivity contribution >= 4 is 5.65 Å². The second kappa shape index (κ2) is 7.06. The monoisotopic (exact) mass is 344 g/mol. The summed E-state index contributed by atoms with van der Waals surface area (Å²) in [5.41, 5.74) is 6.43. The first-order valence-electron chi connectivity index (χ1n) is 7.79. The molecule has 0 spiro atoms. The van der Waals surface area contributed by atoms with E-state index in [-0.39, 0.29) is 12.5 Å². The van der Waals surface area contributed by atoms with Crippen LogP contribution in [0.5, 0.6) is 0 Å². The molecule has 1 atom stereocenters. The molecular weight excluding hydrogens is 321 g/mol. The van der Waals surface area contributed by atoms with Gasteiger partial charge in [0.05, 0.1) is 36.2 Å². The average Bonchev–Trinajstić information content (AvgIpc) is 2.87. The van der Waals surface area contributed by atoms with E-state index < -0.39 is 11.6 Å². The molecule has 2 heterocycles. The number of alkyl halides is 3.